The quantitative estimate of drug-likeness (QED) is 0.125. The second kappa shape index (κ2) is 17.2. The monoisotopic (exact) mass is 706 g/mol. The maximum atomic E-state index is 10.7. The minimum Gasteiger partial charge on any atom is -0.741 e. The van der Waals surface area contributed by atoms with Crippen molar-refractivity contribution in [2.24, 2.45) is 0 Å². The van der Waals surface area contributed by atoms with Crippen LogP contribution in [0.1, 0.15) is 96.3 Å². The lowest BCUT2D eigenvalue weighted by atomic mass is 9.98. The first kappa shape index (κ1) is 36.4. The van der Waals surface area contributed by atoms with Crippen molar-refractivity contribution in [3.8, 4) is 17.2 Å². The van der Waals surface area contributed by atoms with Gasteiger partial charge in [0, 0.05) is 0 Å². The second-order valence-corrected chi connectivity index (χ2v) is 16.2. The molecule has 0 spiro atoms. The Labute approximate surface area is 285 Å². The van der Waals surface area contributed by atoms with Crippen molar-refractivity contribution in [2.45, 2.75) is 135 Å². The smallest absolute Gasteiger partial charge is 0.485 e. The predicted octanol–water partition coefficient (Wildman–Crippen LogP) is 9.97. The van der Waals surface area contributed by atoms with Gasteiger partial charge in [-0.1, -0.05) is 19.3 Å². The molecule has 0 N–H and O–H groups in total. The lowest BCUT2D eigenvalue weighted by Gasteiger charge is -2.23. The number of alkyl halides is 3. The molecule has 0 radical (unpaired) electrons. The van der Waals surface area contributed by atoms with Gasteiger partial charge in [-0.2, -0.15) is 13.2 Å². The van der Waals surface area contributed by atoms with Crippen molar-refractivity contribution in [3.05, 3.63) is 72.8 Å². The molecule has 3 aromatic carbocycles. The molecule has 0 bridgehead atoms. The SMILES string of the molecule is O=S(=O)([O-])C(F)(F)F.c1cc([S+](c2ccc(OC3CCCCC3)cc2)c2ccc(OC3CCCCC3)cc2)ccc1OC1CCCCC1. The first-order valence-electron chi connectivity index (χ1n) is 17.1. The molecule has 0 heterocycles. The molecule has 6 nitrogen and oxygen atoms in total. The van der Waals surface area contributed by atoms with Gasteiger partial charge < -0.3 is 18.8 Å². The number of benzene rings is 3. The largest absolute Gasteiger partial charge is 0.741 e. The van der Waals surface area contributed by atoms with Gasteiger partial charge in [0.15, 0.2) is 24.8 Å². The summed E-state index contributed by atoms with van der Waals surface area (Å²) in [6, 6.07) is 26.6. The van der Waals surface area contributed by atoms with E-state index in [1.54, 1.807) is 0 Å². The van der Waals surface area contributed by atoms with E-state index >= 15 is 0 Å². The Morgan fingerprint density at radius 1 is 0.500 bits per heavy atom. The van der Waals surface area contributed by atoms with Gasteiger partial charge in [0.1, 0.15) is 17.2 Å². The van der Waals surface area contributed by atoms with E-state index in [1.807, 2.05) is 0 Å². The molecule has 0 atom stereocenters. The van der Waals surface area contributed by atoms with Gasteiger partial charge in [-0.15, -0.1) is 0 Å². The fraction of sp³-hybridized carbons (Fsp3) is 0.514. The normalized spacial score (nSPS) is 18.5. The topological polar surface area (TPSA) is 84.9 Å². The van der Waals surface area contributed by atoms with E-state index in [9.17, 15) is 13.2 Å². The standard InChI is InChI=1S/C36H45O3S.CHF3O3S/c1-4-10-28(11-5-1)37-31-16-22-34(23-17-31)40(35-24-18-32(19-25-35)38-29-12-6-2-7-13-29)36-26-20-33(21-27-36)39-30-14-8-3-9-15-30;2-1(3,4)8(5,6)7/h16-30H,1-15H2;(H,5,6,7)/q+1;/p-1. The van der Waals surface area contributed by atoms with Crippen LogP contribution in [0.4, 0.5) is 13.2 Å². The lowest BCUT2D eigenvalue weighted by molar-refractivity contribution is -0.0517. The summed E-state index contributed by atoms with van der Waals surface area (Å²) in [5.41, 5.74) is -5.65. The van der Waals surface area contributed by atoms with Gasteiger partial charge in [-0.25, -0.2) is 8.42 Å². The third-order valence-electron chi connectivity index (χ3n) is 9.03. The minimum absolute atomic E-state index is 0.226. The molecule has 3 aliphatic carbocycles. The third-order valence-corrected chi connectivity index (χ3v) is 11.8. The molecule has 6 rings (SSSR count). The molecule has 0 aliphatic heterocycles. The van der Waals surface area contributed by atoms with Crippen LogP contribution in [-0.2, 0) is 21.0 Å². The summed E-state index contributed by atoms with van der Waals surface area (Å²) in [7, 11) is -6.32. The van der Waals surface area contributed by atoms with E-state index in [-0.39, 0.29) is 10.9 Å². The molecule has 3 aromatic rings. The summed E-state index contributed by atoms with van der Waals surface area (Å²) < 4.78 is 77.9. The highest BCUT2D eigenvalue weighted by Gasteiger charge is 2.37. The van der Waals surface area contributed by atoms with Crippen molar-refractivity contribution in [1.29, 1.82) is 0 Å². The maximum Gasteiger partial charge on any atom is 0.485 e. The highest BCUT2D eigenvalue weighted by molar-refractivity contribution is 7.97. The molecule has 11 heteroatoms. The Kier molecular flexibility index (Phi) is 13.0. The van der Waals surface area contributed by atoms with Gasteiger partial charge in [-0.3, -0.25) is 0 Å². The van der Waals surface area contributed by atoms with Crippen molar-refractivity contribution in [2.75, 3.05) is 0 Å². The van der Waals surface area contributed by atoms with Crippen molar-refractivity contribution in [1.82, 2.24) is 0 Å². The summed E-state index contributed by atoms with van der Waals surface area (Å²) in [5, 5.41) is 0. The molecule has 3 fully saturated rings. The predicted molar refractivity (Wildman–Crippen MR) is 180 cm³/mol. The van der Waals surface area contributed by atoms with Gasteiger partial charge in [-0.05, 0) is 150 Å². The maximum absolute atomic E-state index is 10.7. The summed E-state index contributed by atoms with van der Waals surface area (Å²) in [5.74, 6) is 2.98. The molecular formula is C37H45F3O6S2. The number of hydrogen-bond acceptors (Lipinski definition) is 6. The second-order valence-electron chi connectivity index (χ2n) is 12.8. The molecule has 3 saturated carbocycles. The molecule has 0 unspecified atom stereocenters. The highest BCUT2D eigenvalue weighted by Crippen LogP contribution is 2.36. The minimum atomic E-state index is -6.09. The molecule has 48 heavy (non-hydrogen) atoms. The third kappa shape index (κ3) is 10.8. The molecule has 0 aromatic heterocycles. The Morgan fingerprint density at radius 3 is 0.938 bits per heavy atom. The van der Waals surface area contributed by atoms with Crippen molar-refractivity contribution < 1.29 is 40.4 Å². The van der Waals surface area contributed by atoms with Gasteiger partial charge in [0.2, 0.25) is 0 Å². The zero-order valence-corrected chi connectivity index (χ0v) is 28.8. The van der Waals surface area contributed by atoms with Crippen LogP contribution in [0.2, 0.25) is 0 Å². The summed E-state index contributed by atoms with van der Waals surface area (Å²) >= 11 is 0. The highest BCUT2D eigenvalue weighted by atomic mass is 32.2. The summed E-state index contributed by atoms with van der Waals surface area (Å²) in [6.45, 7) is 0. The Morgan fingerprint density at radius 2 is 0.729 bits per heavy atom. The summed E-state index contributed by atoms with van der Waals surface area (Å²) in [4.78, 5) is 3.91. The Balaban J connectivity index is 0.000000503. The van der Waals surface area contributed by atoms with E-state index in [1.165, 1.54) is 111 Å². The molecule has 3 aliphatic rings. The molecule has 0 amide bonds. The molecular weight excluding hydrogens is 662 g/mol. The van der Waals surface area contributed by atoms with Gasteiger partial charge in [0.05, 0.1) is 29.2 Å². The molecule has 262 valence electrons. The van der Waals surface area contributed by atoms with Gasteiger partial charge >= 0.3 is 5.51 Å². The van der Waals surface area contributed by atoms with Crippen LogP contribution in [0, 0.1) is 0 Å². The lowest BCUT2D eigenvalue weighted by Crippen LogP contribution is -2.21. The van der Waals surface area contributed by atoms with Crippen LogP contribution < -0.4 is 14.2 Å². The Bertz CT molecular complexity index is 1340. The van der Waals surface area contributed by atoms with Crippen LogP contribution in [0.3, 0.4) is 0 Å². The van der Waals surface area contributed by atoms with Crippen LogP contribution >= 0.6 is 0 Å². The Hall–Kier alpha value is -2.89. The zero-order valence-electron chi connectivity index (χ0n) is 27.2. The average molecular weight is 707 g/mol. The van der Waals surface area contributed by atoms with Crippen LogP contribution in [0.15, 0.2) is 87.5 Å². The van der Waals surface area contributed by atoms with Crippen molar-refractivity contribution in [3.63, 3.8) is 0 Å². The van der Waals surface area contributed by atoms with E-state index in [0.29, 0.717) is 18.3 Å². The van der Waals surface area contributed by atoms with Crippen LogP contribution in [-0.4, -0.2) is 36.8 Å². The van der Waals surface area contributed by atoms with Crippen LogP contribution in [0.5, 0.6) is 17.2 Å². The van der Waals surface area contributed by atoms with E-state index in [2.05, 4.69) is 72.8 Å². The van der Waals surface area contributed by atoms with E-state index in [4.69, 9.17) is 27.2 Å². The number of hydrogen-bond donors (Lipinski definition) is 0. The van der Waals surface area contributed by atoms with Crippen molar-refractivity contribution >= 4 is 21.0 Å². The van der Waals surface area contributed by atoms with E-state index < -0.39 is 15.6 Å². The first-order chi connectivity index (χ1) is 23.0. The van der Waals surface area contributed by atoms with Crippen LogP contribution in [0.25, 0.3) is 0 Å². The zero-order chi connectivity index (χ0) is 34.0. The van der Waals surface area contributed by atoms with E-state index in [0.717, 1.165) is 17.2 Å². The first-order valence-corrected chi connectivity index (χ1v) is 19.7. The fourth-order valence-electron chi connectivity index (χ4n) is 6.50. The number of rotatable bonds is 9. The number of halogens is 3. The fourth-order valence-corrected chi connectivity index (χ4v) is 8.54. The van der Waals surface area contributed by atoms with Gasteiger partial charge in [0.25, 0.3) is 0 Å². The molecule has 0 saturated heterocycles. The summed E-state index contributed by atoms with van der Waals surface area (Å²) in [6.07, 6.45) is 19.9. The average Bonchev–Trinajstić information content (AvgIpc) is 3.08. The number of ether oxygens (including phenoxy) is 3.